The number of hydrogen-bond donors (Lipinski definition) is 0. The van der Waals surface area contributed by atoms with E-state index in [1.807, 2.05) is 23.2 Å². The van der Waals surface area contributed by atoms with Crippen LogP contribution >= 0.6 is 0 Å². The topological polar surface area (TPSA) is 60.9 Å². The van der Waals surface area contributed by atoms with Crippen LogP contribution in [0.2, 0.25) is 0 Å². The van der Waals surface area contributed by atoms with Crippen LogP contribution in [0.5, 0.6) is 0 Å². The Balaban J connectivity index is 1.40. The maximum Gasteiger partial charge on any atom is 0.248 e. The van der Waals surface area contributed by atoms with Crippen molar-refractivity contribution in [1.82, 2.24) is 9.88 Å². The number of amides is 1. The Kier molecular flexibility index (Phi) is 5.81. The molecule has 3 rings (SSSR count). The SMILES string of the molecule is COCC(=O)N1CCC2(CC1)CO[C@@H](COCc1cccnc1)C2. The van der Waals surface area contributed by atoms with Crippen molar-refractivity contribution in [1.29, 1.82) is 0 Å². The molecule has 0 aromatic carbocycles. The highest BCUT2D eigenvalue weighted by atomic mass is 16.5. The van der Waals surface area contributed by atoms with Crippen LogP contribution in [0.25, 0.3) is 0 Å². The van der Waals surface area contributed by atoms with Crippen molar-refractivity contribution in [3.05, 3.63) is 30.1 Å². The van der Waals surface area contributed by atoms with Gasteiger partial charge in [0.1, 0.15) is 6.61 Å². The highest BCUT2D eigenvalue weighted by molar-refractivity contribution is 5.77. The first kappa shape index (κ1) is 17.3. The van der Waals surface area contributed by atoms with Crippen molar-refractivity contribution in [3.63, 3.8) is 0 Å². The number of pyridine rings is 1. The van der Waals surface area contributed by atoms with Gasteiger partial charge in [0.05, 0.1) is 25.9 Å². The summed E-state index contributed by atoms with van der Waals surface area (Å²) in [6.07, 6.45) is 6.76. The predicted octanol–water partition coefficient (Wildman–Crippen LogP) is 1.64. The van der Waals surface area contributed by atoms with Crippen LogP contribution < -0.4 is 0 Å². The van der Waals surface area contributed by atoms with E-state index in [9.17, 15) is 4.79 Å². The number of rotatable bonds is 6. The fourth-order valence-corrected chi connectivity index (χ4v) is 3.59. The Labute approximate surface area is 143 Å². The molecule has 2 saturated heterocycles. The van der Waals surface area contributed by atoms with Gasteiger partial charge in [0.15, 0.2) is 0 Å². The smallest absolute Gasteiger partial charge is 0.248 e. The lowest BCUT2D eigenvalue weighted by molar-refractivity contribution is -0.137. The van der Waals surface area contributed by atoms with Gasteiger partial charge in [-0.15, -0.1) is 0 Å². The highest BCUT2D eigenvalue weighted by Crippen LogP contribution is 2.42. The molecule has 1 atom stereocenters. The Morgan fingerprint density at radius 2 is 2.29 bits per heavy atom. The molecule has 2 aliphatic rings. The lowest BCUT2D eigenvalue weighted by atomic mass is 9.76. The van der Waals surface area contributed by atoms with E-state index in [4.69, 9.17) is 14.2 Å². The van der Waals surface area contributed by atoms with Crippen molar-refractivity contribution >= 4 is 5.91 Å². The highest BCUT2D eigenvalue weighted by Gasteiger charge is 2.43. The van der Waals surface area contributed by atoms with E-state index in [1.165, 1.54) is 0 Å². The molecule has 1 spiro atoms. The average molecular weight is 334 g/mol. The third-order valence-electron chi connectivity index (χ3n) is 5.03. The summed E-state index contributed by atoms with van der Waals surface area (Å²) < 4.78 is 16.7. The maximum absolute atomic E-state index is 11.9. The van der Waals surface area contributed by atoms with Gasteiger partial charge in [-0.25, -0.2) is 0 Å². The number of carbonyl (C=O) groups excluding carboxylic acids is 1. The number of likely N-dealkylation sites (tertiary alicyclic amines) is 1. The molecular formula is C18H26N2O4. The molecule has 2 fully saturated rings. The first-order valence-electron chi connectivity index (χ1n) is 8.56. The van der Waals surface area contributed by atoms with E-state index in [0.29, 0.717) is 13.2 Å². The van der Waals surface area contributed by atoms with Crippen LogP contribution in [0.4, 0.5) is 0 Å². The van der Waals surface area contributed by atoms with E-state index in [1.54, 1.807) is 13.3 Å². The molecule has 0 saturated carbocycles. The maximum atomic E-state index is 11.9. The quantitative estimate of drug-likeness (QED) is 0.791. The summed E-state index contributed by atoms with van der Waals surface area (Å²) in [6, 6.07) is 3.93. The van der Waals surface area contributed by atoms with Crippen LogP contribution in [0.15, 0.2) is 24.5 Å². The Hall–Kier alpha value is -1.50. The molecule has 1 aromatic rings. The molecule has 0 radical (unpaired) electrons. The lowest BCUT2D eigenvalue weighted by Gasteiger charge is -2.38. The first-order chi connectivity index (χ1) is 11.7. The van der Waals surface area contributed by atoms with E-state index in [0.717, 1.165) is 44.5 Å². The normalized spacial score (nSPS) is 22.9. The van der Waals surface area contributed by atoms with E-state index < -0.39 is 0 Å². The van der Waals surface area contributed by atoms with Gasteiger partial charge in [-0.2, -0.15) is 0 Å². The molecule has 2 aliphatic heterocycles. The average Bonchev–Trinajstić information content (AvgIpc) is 2.99. The van der Waals surface area contributed by atoms with E-state index >= 15 is 0 Å². The van der Waals surface area contributed by atoms with Crippen molar-refractivity contribution in [2.45, 2.75) is 32.0 Å². The third kappa shape index (κ3) is 4.32. The zero-order valence-electron chi connectivity index (χ0n) is 14.3. The summed E-state index contributed by atoms with van der Waals surface area (Å²) in [6.45, 7) is 3.74. The molecule has 1 aromatic heterocycles. The van der Waals surface area contributed by atoms with Crippen LogP contribution in [0.1, 0.15) is 24.8 Å². The molecule has 24 heavy (non-hydrogen) atoms. The van der Waals surface area contributed by atoms with Gasteiger partial charge in [0.2, 0.25) is 5.91 Å². The molecule has 1 amide bonds. The number of carbonyl (C=O) groups is 1. The minimum atomic E-state index is 0.0858. The number of hydrogen-bond acceptors (Lipinski definition) is 5. The number of aromatic nitrogens is 1. The molecule has 0 aliphatic carbocycles. The number of methoxy groups -OCH3 is 1. The van der Waals surface area contributed by atoms with E-state index in [2.05, 4.69) is 4.98 Å². The van der Waals surface area contributed by atoms with E-state index in [-0.39, 0.29) is 24.0 Å². The molecule has 3 heterocycles. The molecule has 132 valence electrons. The van der Waals surface area contributed by atoms with Gasteiger partial charge in [0, 0.05) is 32.6 Å². The molecule has 6 nitrogen and oxygen atoms in total. The fourth-order valence-electron chi connectivity index (χ4n) is 3.59. The standard InChI is InChI=1S/C18H26N2O4/c1-22-13-17(21)20-7-4-18(5-8-20)9-16(24-14-18)12-23-11-15-3-2-6-19-10-15/h2-3,6,10,16H,4-5,7-9,11-14H2,1H3/t16-/m1/s1. The third-order valence-corrected chi connectivity index (χ3v) is 5.03. The number of ether oxygens (including phenoxy) is 3. The summed E-state index contributed by atoms with van der Waals surface area (Å²) >= 11 is 0. The zero-order chi connectivity index (χ0) is 16.8. The molecule has 0 bridgehead atoms. The Bertz CT molecular complexity index is 529. The molecule has 0 N–H and O–H groups in total. The van der Waals surface area contributed by atoms with Gasteiger partial charge in [0.25, 0.3) is 0 Å². The van der Waals surface area contributed by atoms with Crippen LogP contribution in [-0.2, 0) is 25.6 Å². The zero-order valence-corrected chi connectivity index (χ0v) is 14.3. The number of piperidine rings is 1. The monoisotopic (exact) mass is 334 g/mol. The summed E-state index contributed by atoms with van der Waals surface area (Å²) in [5.41, 5.74) is 1.29. The Morgan fingerprint density at radius 1 is 1.46 bits per heavy atom. The second-order valence-corrected chi connectivity index (χ2v) is 6.83. The lowest BCUT2D eigenvalue weighted by Crippen LogP contribution is -2.44. The minimum absolute atomic E-state index is 0.0858. The van der Waals surface area contributed by atoms with Gasteiger partial charge in [-0.05, 0) is 36.3 Å². The van der Waals surface area contributed by atoms with Crippen molar-refractivity contribution in [3.8, 4) is 0 Å². The van der Waals surface area contributed by atoms with Crippen LogP contribution in [0, 0.1) is 5.41 Å². The number of nitrogens with zero attached hydrogens (tertiary/aromatic N) is 2. The fraction of sp³-hybridized carbons (Fsp3) is 0.667. The van der Waals surface area contributed by atoms with Crippen molar-refractivity contribution in [2.24, 2.45) is 5.41 Å². The van der Waals surface area contributed by atoms with Gasteiger partial charge in [-0.1, -0.05) is 6.07 Å². The Morgan fingerprint density at radius 3 is 3.00 bits per heavy atom. The largest absolute Gasteiger partial charge is 0.375 e. The molecular weight excluding hydrogens is 308 g/mol. The molecule has 6 heteroatoms. The van der Waals surface area contributed by atoms with Gasteiger partial charge < -0.3 is 19.1 Å². The van der Waals surface area contributed by atoms with Gasteiger partial charge >= 0.3 is 0 Å². The summed E-state index contributed by atoms with van der Waals surface area (Å²) in [7, 11) is 1.56. The second kappa shape index (κ2) is 8.05. The minimum Gasteiger partial charge on any atom is -0.375 e. The summed E-state index contributed by atoms with van der Waals surface area (Å²) in [5, 5.41) is 0. The summed E-state index contributed by atoms with van der Waals surface area (Å²) in [4.78, 5) is 17.9. The van der Waals surface area contributed by atoms with Crippen molar-refractivity contribution in [2.75, 3.05) is 40.0 Å². The summed E-state index contributed by atoms with van der Waals surface area (Å²) in [5.74, 6) is 0.0858. The molecule has 0 unspecified atom stereocenters. The second-order valence-electron chi connectivity index (χ2n) is 6.83. The first-order valence-corrected chi connectivity index (χ1v) is 8.56. The predicted molar refractivity (Wildman–Crippen MR) is 88.4 cm³/mol. The van der Waals surface area contributed by atoms with Gasteiger partial charge in [-0.3, -0.25) is 9.78 Å². The van der Waals surface area contributed by atoms with Crippen LogP contribution in [0.3, 0.4) is 0 Å². The van der Waals surface area contributed by atoms with Crippen molar-refractivity contribution < 1.29 is 19.0 Å². The van der Waals surface area contributed by atoms with Crippen LogP contribution in [-0.4, -0.2) is 61.9 Å².